The Bertz CT molecular complexity index is 615. The Labute approximate surface area is 113 Å². The zero-order valence-corrected chi connectivity index (χ0v) is 10.7. The number of benzene rings is 1. The number of urea groups is 1. The predicted molar refractivity (Wildman–Crippen MR) is 69.8 cm³/mol. The van der Waals surface area contributed by atoms with Gasteiger partial charge in [-0.2, -0.15) is 0 Å². The molecule has 1 aromatic heterocycles. The van der Waals surface area contributed by atoms with Gasteiger partial charge in [0.05, 0.1) is 17.6 Å². The zero-order chi connectivity index (χ0) is 14.7. The minimum absolute atomic E-state index is 0.138. The topological polar surface area (TPSA) is 81.2 Å². The molecule has 0 saturated heterocycles. The molecule has 0 spiro atoms. The second kappa shape index (κ2) is 5.83. The molecule has 0 saturated carbocycles. The Kier molecular flexibility index (Phi) is 4.14. The van der Waals surface area contributed by atoms with Crippen LogP contribution in [0.1, 0.15) is 12.2 Å². The number of rotatable bonds is 4. The number of aliphatic hydroxyl groups is 1. The Morgan fingerprint density at radius 3 is 2.95 bits per heavy atom. The minimum Gasteiger partial charge on any atom is -0.395 e. The summed E-state index contributed by atoms with van der Waals surface area (Å²) in [6, 6.07) is 4.24. The molecule has 2 rings (SSSR count). The molecule has 0 atom stereocenters. The van der Waals surface area contributed by atoms with E-state index in [0.29, 0.717) is 16.7 Å². The van der Waals surface area contributed by atoms with Crippen LogP contribution in [0.25, 0.3) is 11.0 Å². The molecule has 3 N–H and O–H groups in total. The molecule has 0 aliphatic carbocycles. The molecule has 20 heavy (non-hydrogen) atoms. The quantitative estimate of drug-likeness (QED) is 0.802. The molecular weight excluding hydrogens is 270 g/mol. The molecule has 0 aliphatic heterocycles. The number of imidazole rings is 1. The highest BCUT2D eigenvalue weighted by Gasteiger charge is 2.13. The van der Waals surface area contributed by atoms with Crippen molar-refractivity contribution in [2.24, 2.45) is 0 Å². The van der Waals surface area contributed by atoms with Gasteiger partial charge in [0, 0.05) is 19.3 Å². The highest BCUT2D eigenvalue weighted by atomic mass is 19.3. The van der Waals surface area contributed by atoms with E-state index in [0.717, 1.165) is 0 Å². The van der Waals surface area contributed by atoms with Crippen molar-refractivity contribution in [2.45, 2.75) is 6.43 Å². The number of halogens is 2. The van der Waals surface area contributed by atoms with Gasteiger partial charge in [0.2, 0.25) is 0 Å². The number of carbonyl (C=O) groups is 1. The normalized spacial score (nSPS) is 11.1. The number of aromatic amines is 1. The highest BCUT2D eigenvalue weighted by Crippen LogP contribution is 2.22. The largest absolute Gasteiger partial charge is 0.395 e. The number of amides is 2. The third-order valence-corrected chi connectivity index (χ3v) is 2.74. The van der Waals surface area contributed by atoms with E-state index in [9.17, 15) is 13.6 Å². The summed E-state index contributed by atoms with van der Waals surface area (Å²) in [5.74, 6) is -0.402. The fourth-order valence-electron chi connectivity index (χ4n) is 1.68. The molecule has 0 bridgehead atoms. The Morgan fingerprint density at radius 1 is 1.55 bits per heavy atom. The van der Waals surface area contributed by atoms with Gasteiger partial charge < -0.3 is 20.3 Å². The number of alkyl halides is 2. The van der Waals surface area contributed by atoms with Crippen LogP contribution in [0, 0.1) is 0 Å². The van der Waals surface area contributed by atoms with E-state index in [1.807, 2.05) is 0 Å². The van der Waals surface area contributed by atoms with Gasteiger partial charge in [-0.1, -0.05) is 0 Å². The SMILES string of the molecule is CN(CCO)C(=O)Nc1ccc2nc(C(F)F)[nH]c2c1. The van der Waals surface area contributed by atoms with E-state index in [-0.39, 0.29) is 13.2 Å². The number of H-pyrrole nitrogens is 1. The molecule has 2 aromatic rings. The molecule has 2 amide bonds. The summed E-state index contributed by atoms with van der Waals surface area (Å²) in [5, 5.41) is 11.3. The fourth-order valence-corrected chi connectivity index (χ4v) is 1.68. The maximum atomic E-state index is 12.5. The fraction of sp³-hybridized carbons (Fsp3) is 0.333. The predicted octanol–water partition coefficient (Wildman–Crippen LogP) is 1.96. The van der Waals surface area contributed by atoms with Crippen LogP contribution in [0.3, 0.4) is 0 Å². The summed E-state index contributed by atoms with van der Waals surface area (Å²) in [7, 11) is 1.54. The number of anilines is 1. The van der Waals surface area contributed by atoms with Crippen molar-refractivity contribution in [3.05, 3.63) is 24.0 Å². The maximum Gasteiger partial charge on any atom is 0.321 e. The first-order valence-corrected chi connectivity index (χ1v) is 5.92. The van der Waals surface area contributed by atoms with Crippen molar-refractivity contribution in [2.75, 3.05) is 25.5 Å². The average molecular weight is 284 g/mol. The van der Waals surface area contributed by atoms with E-state index >= 15 is 0 Å². The summed E-state index contributed by atoms with van der Waals surface area (Å²) in [6.07, 6.45) is -2.67. The molecule has 1 heterocycles. The maximum absolute atomic E-state index is 12.5. The van der Waals surface area contributed by atoms with Crippen LogP contribution < -0.4 is 5.32 Å². The molecule has 1 aromatic carbocycles. The number of nitrogens with one attached hydrogen (secondary N) is 2. The van der Waals surface area contributed by atoms with Gasteiger partial charge in [0.1, 0.15) is 0 Å². The van der Waals surface area contributed by atoms with Gasteiger partial charge >= 0.3 is 6.03 Å². The average Bonchev–Trinajstić information content (AvgIpc) is 2.82. The second-order valence-electron chi connectivity index (χ2n) is 4.23. The molecule has 0 unspecified atom stereocenters. The lowest BCUT2D eigenvalue weighted by Crippen LogP contribution is -2.33. The third kappa shape index (κ3) is 3.02. The standard InChI is InChI=1S/C12H14F2N4O2/c1-18(4-5-19)12(20)15-7-2-3-8-9(6-7)17-11(16-8)10(13)14/h2-3,6,10,19H,4-5H2,1H3,(H,15,20)(H,16,17). The van der Waals surface area contributed by atoms with Crippen molar-refractivity contribution in [1.29, 1.82) is 0 Å². The zero-order valence-electron chi connectivity index (χ0n) is 10.7. The first-order valence-electron chi connectivity index (χ1n) is 5.92. The van der Waals surface area contributed by atoms with E-state index in [1.54, 1.807) is 12.1 Å². The molecule has 6 nitrogen and oxygen atoms in total. The number of aromatic nitrogens is 2. The van der Waals surface area contributed by atoms with Gasteiger partial charge in [0.15, 0.2) is 5.82 Å². The van der Waals surface area contributed by atoms with Crippen LogP contribution in [-0.4, -0.2) is 46.2 Å². The van der Waals surface area contributed by atoms with Gasteiger partial charge in [-0.05, 0) is 18.2 Å². The van der Waals surface area contributed by atoms with Crippen molar-refractivity contribution in [1.82, 2.24) is 14.9 Å². The van der Waals surface area contributed by atoms with E-state index in [4.69, 9.17) is 5.11 Å². The summed E-state index contributed by atoms with van der Waals surface area (Å²) in [5.41, 5.74) is 1.28. The monoisotopic (exact) mass is 284 g/mol. The van der Waals surface area contributed by atoms with Crippen LogP contribution in [0.4, 0.5) is 19.3 Å². The van der Waals surface area contributed by atoms with Crippen LogP contribution >= 0.6 is 0 Å². The highest BCUT2D eigenvalue weighted by molar-refractivity contribution is 5.91. The molecule has 0 radical (unpaired) electrons. The summed E-state index contributed by atoms with van der Waals surface area (Å²) >= 11 is 0. The van der Waals surface area contributed by atoms with Gasteiger partial charge in [-0.15, -0.1) is 0 Å². The number of likely N-dealkylation sites (N-methyl/N-ethyl adjacent to an activating group) is 1. The van der Waals surface area contributed by atoms with E-state index in [2.05, 4.69) is 15.3 Å². The first-order chi connectivity index (χ1) is 9.51. The lowest BCUT2D eigenvalue weighted by atomic mass is 10.3. The van der Waals surface area contributed by atoms with Crippen molar-refractivity contribution in [3.63, 3.8) is 0 Å². The number of aliphatic hydroxyl groups excluding tert-OH is 1. The molecular formula is C12H14F2N4O2. The molecule has 108 valence electrons. The Morgan fingerprint density at radius 2 is 2.30 bits per heavy atom. The summed E-state index contributed by atoms with van der Waals surface area (Å²) in [6.45, 7) is 0.0644. The Hall–Kier alpha value is -2.22. The van der Waals surface area contributed by atoms with E-state index in [1.165, 1.54) is 18.0 Å². The number of fused-ring (bicyclic) bond motifs is 1. The van der Waals surface area contributed by atoms with Crippen molar-refractivity contribution in [3.8, 4) is 0 Å². The number of nitrogens with zero attached hydrogens (tertiary/aromatic N) is 2. The minimum atomic E-state index is -2.67. The van der Waals surface area contributed by atoms with Gasteiger partial charge in [-0.25, -0.2) is 18.6 Å². The summed E-state index contributed by atoms with van der Waals surface area (Å²) < 4.78 is 25.0. The second-order valence-corrected chi connectivity index (χ2v) is 4.23. The van der Waals surface area contributed by atoms with Crippen LogP contribution in [-0.2, 0) is 0 Å². The lowest BCUT2D eigenvalue weighted by Gasteiger charge is -2.16. The smallest absolute Gasteiger partial charge is 0.321 e. The van der Waals surface area contributed by atoms with Crippen molar-refractivity contribution < 1.29 is 18.7 Å². The number of carbonyl (C=O) groups excluding carboxylic acids is 1. The lowest BCUT2D eigenvalue weighted by molar-refractivity contribution is 0.142. The van der Waals surface area contributed by atoms with Crippen molar-refractivity contribution >= 4 is 22.8 Å². The first kappa shape index (κ1) is 14.2. The van der Waals surface area contributed by atoms with Crippen LogP contribution in [0.15, 0.2) is 18.2 Å². The van der Waals surface area contributed by atoms with E-state index < -0.39 is 18.3 Å². The Balaban J connectivity index is 2.17. The van der Waals surface area contributed by atoms with Crippen LogP contribution in [0.5, 0.6) is 0 Å². The van der Waals surface area contributed by atoms with Gasteiger partial charge in [0.25, 0.3) is 6.43 Å². The van der Waals surface area contributed by atoms with Gasteiger partial charge in [-0.3, -0.25) is 0 Å². The number of hydrogen-bond acceptors (Lipinski definition) is 3. The molecule has 8 heteroatoms. The summed E-state index contributed by atoms with van der Waals surface area (Å²) in [4.78, 5) is 19.2. The molecule has 0 aliphatic rings. The number of hydrogen-bond donors (Lipinski definition) is 3. The third-order valence-electron chi connectivity index (χ3n) is 2.74. The van der Waals surface area contributed by atoms with Crippen LogP contribution in [0.2, 0.25) is 0 Å². The molecule has 0 fully saturated rings.